The van der Waals surface area contributed by atoms with Crippen molar-refractivity contribution >= 4 is 0 Å². The molecule has 0 amide bonds. The highest BCUT2D eigenvalue weighted by Gasteiger charge is 2.02. The Labute approximate surface area is 223 Å². The van der Waals surface area contributed by atoms with E-state index < -0.39 is 0 Å². The van der Waals surface area contributed by atoms with Gasteiger partial charge in [0, 0.05) is 6.54 Å². The molecule has 0 spiro atoms. The molecule has 0 saturated carbocycles. The van der Waals surface area contributed by atoms with Crippen LogP contribution in [-0.2, 0) is 0 Å². The topological polar surface area (TPSA) is 12.0 Å². The van der Waals surface area contributed by atoms with Crippen LogP contribution < -0.4 is 5.32 Å². The van der Waals surface area contributed by atoms with Gasteiger partial charge in [-0.05, 0) is 80.2 Å². The fourth-order valence-electron chi connectivity index (χ4n) is 3.64. The van der Waals surface area contributed by atoms with Crippen LogP contribution in [0.3, 0.4) is 0 Å². The average molecular weight is 486 g/mol. The van der Waals surface area contributed by atoms with E-state index in [1.54, 1.807) is 0 Å². The zero-order valence-corrected chi connectivity index (χ0v) is 24.0. The Morgan fingerprint density at radius 3 is 2.39 bits per heavy atom. The van der Waals surface area contributed by atoms with Crippen molar-refractivity contribution in [2.24, 2.45) is 17.8 Å². The van der Waals surface area contributed by atoms with E-state index >= 15 is 0 Å². The maximum absolute atomic E-state index is 3.31. The molecule has 1 rings (SSSR count). The van der Waals surface area contributed by atoms with E-state index in [1.807, 2.05) is 19.1 Å². The van der Waals surface area contributed by atoms with Crippen LogP contribution in [0.25, 0.3) is 0 Å². The smallest absolute Gasteiger partial charge is 0.0328 e. The fraction of sp³-hybridized carbons (Fsp3) is 0.429. The predicted molar refractivity (Wildman–Crippen MR) is 164 cm³/mol. The van der Waals surface area contributed by atoms with Crippen LogP contribution in [0, 0.1) is 17.8 Å². The number of hydrogen-bond acceptors (Lipinski definition) is 1. The maximum Gasteiger partial charge on any atom is 0.0328 e. The van der Waals surface area contributed by atoms with Crippen molar-refractivity contribution in [2.75, 3.05) is 6.54 Å². The van der Waals surface area contributed by atoms with Crippen LogP contribution in [0.1, 0.15) is 74.1 Å². The van der Waals surface area contributed by atoms with Crippen molar-refractivity contribution in [1.82, 2.24) is 5.32 Å². The van der Waals surface area contributed by atoms with E-state index in [2.05, 4.69) is 132 Å². The molecular weight excluding hydrogens is 434 g/mol. The Balaban J connectivity index is 2.90. The van der Waals surface area contributed by atoms with Crippen molar-refractivity contribution < 1.29 is 0 Å². The third-order valence-corrected chi connectivity index (χ3v) is 6.15. The molecule has 0 heterocycles. The molecular formula is C35H51N. The first kappa shape index (κ1) is 31.2. The molecule has 0 aromatic carbocycles. The molecule has 1 aliphatic rings. The second-order valence-electron chi connectivity index (χ2n) is 10.3. The Hall–Kier alpha value is -2.80. The molecule has 0 aromatic heterocycles. The van der Waals surface area contributed by atoms with E-state index in [-0.39, 0.29) is 0 Å². The second kappa shape index (κ2) is 19.4. The molecule has 0 aromatic rings. The third-order valence-electron chi connectivity index (χ3n) is 6.15. The Morgan fingerprint density at radius 1 is 0.889 bits per heavy atom. The largest absolute Gasteiger partial charge is 0.388 e. The van der Waals surface area contributed by atoms with Gasteiger partial charge in [0.1, 0.15) is 0 Å². The quantitative estimate of drug-likeness (QED) is 0.227. The van der Waals surface area contributed by atoms with Gasteiger partial charge < -0.3 is 5.32 Å². The molecule has 0 radical (unpaired) electrons. The zero-order chi connectivity index (χ0) is 26.6. The molecule has 1 unspecified atom stereocenters. The van der Waals surface area contributed by atoms with E-state index in [4.69, 9.17) is 0 Å². The van der Waals surface area contributed by atoms with Crippen molar-refractivity contribution in [3.05, 3.63) is 120 Å². The first-order chi connectivity index (χ1) is 17.3. The van der Waals surface area contributed by atoms with Gasteiger partial charge in [-0.15, -0.1) is 0 Å². The number of rotatable bonds is 11. The maximum atomic E-state index is 3.31. The molecule has 0 fully saturated rings. The molecule has 36 heavy (non-hydrogen) atoms. The minimum atomic E-state index is 0.491. The van der Waals surface area contributed by atoms with Crippen LogP contribution in [0.4, 0.5) is 0 Å². The summed E-state index contributed by atoms with van der Waals surface area (Å²) in [7, 11) is 0. The summed E-state index contributed by atoms with van der Waals surface area (Å²) in [6.45, 7) is 16.5. The molecule has 1 nitrogen and oxygen atoms in total. The van der Waals surface area contributed by atoms with Crippen molar-refractivity contribution in [3.63, 3.8) is 0 Å². The lowest BCUT2D eigenvalue weighted by molar-refractivity contribution is 0.656. The summed E-state index contributed by atoms with van der Waals surface area (Å²) in [5, 5.41) is 3.31. The van der Waals surface area contributed by atoms with Crippen molar-refractivity contribution in [1.29, 1.82) is 0 Å². The van der Waals surface area contributed by atoms with Gasteiger partial charge in [-0.2, -0.15) is 0 Å². The lowest BCUT2D eigenvalue weighted by atomic mass is 9.97. The highest BCUT2D eigenvalue weighted by Crippen LogP contribution is 2.19. The lowest BCUT2D eigenvalue weighted by Gasteiger charge is -2.09. The number of hydrogen-bond donors (Lipinski definition) is 1. The van der Waals surface area contributed by atoms with E-state index in [0.29, 0.717) is 17.8 Å². The molecule has 0 aliphatic heterocycles. The van der Waals surface area contributed by atoms with Crippen LogP contribution in [0.15, 0.2) is 120 Å². The summed E-state index contributed by atoms with van der Waals surface area (Å²) in [4.78, 5) is 0. The monoisotopic (exact) mass is 485 g/mol. The Morgan fingerprint density at radius 2 is 1.67 bits per heavy atom. The standard InChI is InChI=1S/C35H51N/c1-8-9-10-12-27-36-28-13-11-16-31(6)21-23-33-18-15-20-34(29(2)3)25-22-32(7)17-14-19-35(26-24-33)30(4)5/h8-10,12-15,17,19-21,23-26,28-31,36H,11,16,18,22,27H2,1-7H3/b9-8-,12-10-,19-14-,20-15-,23-21-,28-13+,32-17+,33-24-,34-25+,35-26+. The van der Waals surface area contributed by atoms with Crippen LogP contribution in [0.2, 0.25) is 0 Å². The summed E-state index contributed by atoms with van der Waals surface area (Å²) in [6, 6.07) is 0. The Bertz CT molecular complexity index is 920. The summed E-state index contributed by atoms with van der Waals surface area (Å²) in [6.07, 6.45) is 39.8. The van der Waals surface area contributed by atoms with Gasteiger partial charge in [-0.1, -0.05) is 131 Å². The van der Waals surface area contributed by atoms with E-state index in [1.165, 1.54) is 22.3 Å². The van der Waals surface area contributed by atoms with Crippen LogP contribution in [0.5, 0.6) is 0 Å². The summed E-state index contributed by atoms with van der Waals surface area (Å²) >= 11 is 0. The van der Waals surface area contributed by atoms with Gasteiger partial charge in [0.2, 0.25) is 0 Å². The Kier molecular flexibility index (Phi) is 16.8. The third kappa shape index (κ3) is 15.2. The van der Waals surface area contributed by atoms with Gasteiger partial charge >= 0.3 is 0 Å². The molecule has 1 atom stereocenters. The highest BCUT2D eigenvalue weighted by molar-refractivity contribution is 5.35. The summed E-state index contributed by atoms with van der Waals surface area (Å²) < 4.78 is 0. The lowest BCUT2D eigenvalue weighted by Crippen LogP contribution is -2.03. The molecule has 1 heteroatoms. The molecule has 1 aliphatic carbocycles. The van der Waals surface area contributed by atoms with Gasteiger partial charge in [0.05, 0.1) is 0 Å². The first-order valence-electron chi connectivity index (χ1n) is 13.8. The van der Waals surface area contributed by atoms with E-state index in [9.17, 15) is 0 Å². The average Bonchev–Trinajstić information content (AvgIpc) is 2.84. The van der Waals surface area contributed by atoms with Gasteiger partial charge in [-0.25, -0.2) is 0 Å². The summed E-state index contributed by atoms with van der Waals surface area (Å²) in [5.41, 5.74) is 5.51. The van der Waals surface area contributed by atoms with Crippen LogP contribution >= 0.6 is 0 Å². The summed E-state index contributed by atoms with van der Waals surface area (Å²) in [5.74, 6) is 1.56. The minimum Gasteiger partial charge on any atom is -0.388 e. The minimum absolute atomic E-state index is 0.491. The number of allylic oxidation sites excluding steroid dienone is 18. The molecule has 0 bridgehead atoms. The SMILES string of the molecule is C/C=C\C=C/CN/C=C/CCC(C)\C=C/C1=C\C=C(C(C)C)/C=C\C=C(/C)C/C=C(C(C)C)\C=C/C1. The van der Waals surface area contributed by atoms with Gasteiger partial charge in [-0.3, -0.25) is 0 Å². The fourth-order valence-corrected chi connectivity index (χ4v) is 3.64. The number of nitrogens with one attached hydrogen (secondary N) is 1. The first-order valence-corrected chi connectivity index (χ1v) is 13.8. The van der Waals surface area contributed by atoms with Gasteiger partial charge in [0.15, 0.2) is 0 Å². The molecule has 0 saturated heterocycles. The van der Waals surface area contributed by atoms with E-state index in [0.717, 1.165) is 32.2 Å². The zero-order valence-electron chi connectivity index (χ0n) is 24.0. The van der Waals surface area contributed by atoms with Crippen LogP contribution in [-0.4, -0.2) is 6.54 Å². The second-order valence-corrected chi connectivity index (χ2v) is 10.3. The molecule has 196 valence electrons. The predicted octanol–water partition coefficient (Wildman–Crippen LogP) is 10.1. The van der Waals surface area contributed by atoms with Crippen molar-refractivity contribution in [2.45, 2.75) is 74.1 Å². The van der Waals surface area contributed by atoms with Gasteiger partial charge in [0.25, 0.3) is 0 Å². The van der Waals surface area contributed by atoms with Crippen molar-refractivity contribution in [3.8, 4) is 0 Å². The highest BCUT2D eigenvalue weighted by atomic mass is 14.8. The molecule has 1 N–H and O–H groups in total. The normalized spacial score (nSPS) is 24.8.